The predicted molar refractivity (Wildman–Crippen MR) is 94.3 cm³/mol. The summed E-state index contributed by atoms with van der Waals surface area (Å²) in [5.74, 6) is 0.696. The van der Waals surface area contributed by atoms with E-state index < -0.39 is 0 Å². The molecule has 1 saturated heterocycles. The topological polar surface area (TPSA) is 66.2 Å². The van der Waals surface area contributed by atoms with E-state index in [2.05, 4.69) is 18.0 Å². The molecule has 2 aromatic rings. The van der Waals surface area contributed by atoms with Crippen LogP contribution in [0.3, 0.4) is 0 Å². The van der Waals surface area contributed by atoms with Gasteiger partial charge in [-0.3, -0.25) is 9.78 Å². The van der Waals surface area contributed by atoms with Gasteiger partial charge < -0.3 is 9.64 Å². The third-order valence-electron chi connectivity index (χ3n) is 4.45. The number of benzene rings is 1. The van der Waals surface area contributed by atoms with Gasteiger partial charge in [0.25, 0.3) is 5.91 Å². The van der Waals surface area contributed by atoms with Gasteiger partial charge in [0, 0.05) is 32.1 Å². The fourth-order valence-electron chi connectivity index (χ4n) is 2.98. The molecule has 128 valence electrons. The zero-order valence-corrected chi connectivity index (χ0v) is 14.3. The minimum Gasteiger partial charge on any atom is -0.490 e. The quantitative estimate of drug-likeness (QED) is 0.860. The maximum Gasteiger partial charge on any atom is 0.272 e. The molecule has 5 heteroatoms. The molecule has 0 bridgehead atoms. The van der Waals surface area contributed by atoms with Crippen LogP contribution in [0.4, 0.5) is 0 Å². The monoisotopic (exact) mass is 335 g/mol. The summed E-state index contributed by atoms with van der Waals surface area (Å²) in [6, 6.07) is 13.1. The molecule has 0 radical (unpaired) electrons. The Morgan fingerprint density at radius 3 is 2.84 bits per heavy atom. The van der Waals surface area contributed by atoms with Crippen molar-refractivity contribution in [1.29, 1.82) is 5.26 Å². The largest absolute Gasteiger partial charge is 0.490 e. The highest BCUT2D eigenvalue weighted by atomic mass is 16.5. The number of hydrogen-bond donors (Lipinski definition) is 0. The third kappa shape index (κ3) is 4.16. The maximum atomic E-state index is 12.6. The van der Waals surface area contributed by atoms with E-state index in [1.807, 2.05) is 29.2 Å². The van der Waals surface area contributed by atoms with Crippen LogP contribution in [0, 0.1) is 11.3 Å². The first-order valence-corrected chi connectivity index (χ1v) is 8.60. The molecular formula is C20H21N3O2. The molecule has 0 atom stereocenters. The van der Waals surface area contributed by atoms with E-state index in [0.717, 1.165) is 24.8 Å². The van der Waals surface area contributed by atoms with Crippen molar-refractivity contribution in [3.05, 3.63) is 59.4 Å². The minimum atomic E-state index is -0.0137. The summed E-state index contributed by atoms with van der Waals surface area (Å²) in [5.41, 5.74) is 2.22. The Morgan fingerprint density at radius 2 is 2.12 bits per heavy atom. The average Bonchev–Trinajstić information content (AvgIpc) is 2.68. The number of nitrogens with zero attached hydrogens (tertiary/aromatic N) is 3. The van der Waals surface area contributed by atoms with Crippen molar-refractivity contribution in [2.75, 3.05) is 13.1 Å². The van der Waals surface area contributed by atoms with Crippen molar-refractivity contribution in [2.45, 2.75) is 32.3 Å². The molecular weight excluding hydrogens is 314 g/mol. The van der Waals surface area contributed by atoms with Crippen LogP contribution in [-0.2, 0) is 6.42 Å². The molecule has 0 unspecified atom stereocenters. The first-order chi connectivity index (χ1) is 12.2. The molecule has 3 rings (SSSR count). The number of piperidine rings is 1. The van der Waals surface area contributed by atoms with Crippen LogP contribution in [0.25, 0.3) is 0 Å². The second-order valence-corrected chi connectivity index (χ2v) is 6.15. The molecule has 1 aliphatic rings. The van der Waals surface area contributed by atoms with E-state index in [9.17, 15) is 4.79 Å². The van der Waals surface area contributed by atoms with Crippen LogP contribution in [-0.4, -0.2) is 35.0 Å². The fourth-order valence-corrected chi connectivity index (χ4v) is 2.98. The van der Waals surface area contributed by atoms with Crippen molar-refractivity contribution < 1.29 is 9.53 Å². The number of nitriles is 1. The number of likely N-dealkylation sites (tertiary alicyclic amines) is 1. The lowest BCUT2D eigenvalue weighted by Gasteiger charge is -2.32. The van der Waals surface area contributed by atoms with E-state index in [-0.39, 0.29) is 12.0 Å². The van der Waals surface area contributed by atoms with Gasteiger partial charge in [-0.1, -0.05) is 13.0 Å². The molecule has 0 saturated carbocycles. The van der Waals surface area contributed by atoms with E-state index >= 15 is 0 Å². The van der Waals surface area contributed by atoms with Crippen LogP contribution >= 0.6 is 0 Å². The van der Waals surface area contributed by atoms with Gasteiger partial charge in [-0.15, -0.1) is 0 Å². The second kappa shape index (κ2) is 7.80. The molecule has 1 fully saturated rings. The van der Waals surface area contributed by atoms with Crippen molar-refractivity contribution in [3.63, 3.8) is 0 Å². The van der Waals surface area contributed by atoms with E-state index in [1.165, 1.54) is 0 Å². The van der Waals surface area contributed by atoms with Gasteiger partial charge >= 0.3 is 0 Å². The average molecular weight is 335 g/mol. The van der Waals surface area contributed by atoms with Gasteiger partial charge in [0.2, 0.25) is 0 Å². The summed E-state index contributed by atoms with van der Waals surface area (Å²) in [6.07, 6.45) is 4.20. The van der Waals surface area contributed by atoms with Crippen molar-refractivity contribution in [1.82, 2.24) is 9.88 Å². The Balaban J connectivity index is 1.57. The standard InChI is InChI=1S/C20H21N3O2/c1-2-15-6-9-22-19(13-15)20(24)23-10-7-17(8-11-23)25-18-5-3-4-16(12-18)14-21/h3-6,9,12-13,17H,2,7-8,10-11H2,1H3. The lowest BCUT2D eigenvalue weighted by atomic mass is 10.1. The summed E-state index contributed by atoms with van der Waals surface area (Å²) >= 11 is 0. The first kappa shape index (κ1) is 17.0. The molecule has 1 aromatic carbocycles. The number of carbonyl (C=O) groups excluding carboxylic acids is 1. The molecule has 5 nitrogen and oxygen atoms in total. The highest BCUT2D eigenvalue weighted by Gasteiger charge is 2.25. The van der Waals surface area contributed by atoms with E-state index in [1.54, 1.807) is 18.3 Å². The van der Waals surface area contributed by atoms with Crippen LogP contribution in [0.2, 0.25) is 0 Å². The Labute approximate surface area is 147 Å². The van der Waals surface area contributed by atoms with Crippen LogP contribution in [0.15, 0.2) is 42.6 Å². The van der Waals surface area contributed by atoms with Gasteiger partial charge in [0.05, 0.1) is 11.6 Å². The molecule has 1 aliphatic heterocycles. The highest BCUT2D eigenvalue weighted by molar-refractivity contribution is 5.92. The summed E-state index contributed by atoms with van der Waals surface area (Å²) in [7, 11) is 0. The molecule has 25 heavy (non-hydrogen) atoms. The molecule has 2 heterocycles. The number of pyridine rings is 1. The number of aromatic nitrogens is 1. The number of ether oxygens (including phenoxy) is 1. The zero-order chi connectivity index (χ0) is 17.6. The smallest absolute Gasteiger partial charge is 0.272 e. The number of rotatable bonds is 4. The normalized spacial score (nSPS) is 14.8. The second-order valence-electron chi connectivity index (χ2n) is 6.15. The molecule has 1 aromatic heterocycles. The van der Waals surface area contributed by atoms with Gasteiger partial charge in [-0.05, 0) is 42.3 Å². The number of hydrogen-bond acceptors (Lipinski definition) is 4. The van der Waals surface area contributed by atoms with E-state index in [4.69, 9.17) is 10.00 Å². The van der Waals surface area contributed by atoms with Crippen LogP contribution < -0.4 is 4.74 Å². The van der Waals surface area contributed by atoms with Crippen molar-refractivity contribution >= 4 is 5.91 Å². The summed E-state index contributed by atoms with van der Waals surface area (Å²) in [4.78, 5) is 18.7. The highest BCUT2D eigenvalue weighted by Crippen LogP contribution is 2.21. The number of carbonyl (C=O) groups is 1. The van der Waals surface area contributed by atoms with Gasteiger partial charge in [0.1, 0.15) is 17.5 Å². The molecule has 1 amide bonds. The summed E-state index contributed by atoms with van der Waals surface area (Å²) < 4.78 is 5.96. The number of aryl methyl sites for hydroxylation is 1. The Kier molecular flexibility index (Phi) is 5.30. The maximum absolute atomic E-state index is 12.6. The Morgan fingerprint density at radius 1 is 1.32 bits per heavy atom. The van der Waals surface area contributed by atoms with Gasteiger partial charge in [0.15, 0.2) is 0 Å². The number of amides is 1. The first-order valence-electron chi connectivity index (χ1n) is 8.60. The Hall–Kier alpha value is -2.87. The van der Waals surface area contributed by atoms with Crippen LogP contribution in [0.1, 0.15) is 41.4 Å². The fraction of sp³-hybridized carbons (Fsp3) is 0.350. The molecule has 0 aliphatic carbocycles. The third-order valence-corrected chi connectivity index (χ3v) is 4.45. The summed E-state index contributed by atoms with van der Waals surface area (Å²) in [6.45, 7) is 3.37. The zero-order valence-electron chi connectivity index (χ0n) is 14.3. The van der Waals surface area contributed by atoms with E-state index in [0.29, 0.717) is 30.1 Å². The molecule has 0 spiro atoms. The van der Waals surface area contributed by atoms with Crippen molar-refractivity contribution in [2.24, 2.45) is 0 Å². The van der Waals surface area contributed by atoms with Crippen molar-refractivity contribution in [3.8, 4) is 11.8 Å². The van der Waals surface area contributed by atoms with Crippen LogP contribution in [0.5, 0.6) is 5.75 Å². The SMILES string of the molecule is CCc1ccnc(C(=O)N2CCC(Oc3cccc(C#N)c3)CC2)c1. The molecule has 0 N–H and O–H groups in total. The van der Waals surface area contributed by atoms with Gasteiger partial charge in [-0.25, -0.2) is 0 Å². The lowest BCUT2D eigenvalue weighted by molar-refractivity contribution is 0.0590. The predicted octanol–water partition coefficient (Wildman–Crippen LogP) is 3.20. The lowest BCUT2D eigenvalue weighted by Crippen LogP contribution is -2.42. The summed E-state index contributed by atoms with van der Waals surface area (Å²) in [5, 5.41) is 8.95. The van der Waals surface area contributed by atoms with Gasteiger partial charge in [-0.2, -0.15) is 5.26 Å². The Bertz CT molecular complexity index is 790. The minimum absolute atomic E-state index is 0.0137.